The smallest absolute Gasteiger partial charge is 0.313 e. The average molecular weight is 259 g/mol. The van der Waals surface area contributed by atoms with Gasteiger partial charge in [0.15, 0.2) is 17.0 Å². The van der Waals surface area contributed by atoms with Crippen LogP contribution in [0, 0.1) is 5.92 Å². The number of nitrogen functional groups attached to an aromatic ring is 1. The molecule has 1 unspecified atom stereocenters. The molecule has 3 rings (SSSR count). The number of anilines is 1. The normalized spacial score (nSPS) is 19.8. The van der Waals surface area contributed by atoms with E-state index < -0.39 is 0 Å². The quantitative estimate of drug-likeness (QED) is 0.820. The standard InChI is InChI=1S/C12H13N5O2/c1-2-19-12(18)8-3-7(8)4-17-6-16-9-10(13)14-5-15-11(9)17/h4-6,8H,2-3H2,1H3,(H2,13,14,15)/b7-4+. The monoisotopic (exact) mass is 259 g/mol. The summed E-state index contributed by atoms with van der Waals surface area (Å²) in [6.07, 6.45) is 5.58. The lowest BCUT2D eigenvalue weighted by Crippen LogP contribution is -2.05. The summed E-state index contributed by atoms with van der Waals surface area (Å²) in [5.41, 5.74) is 7.91. The summed E-state index contributed by atoms with van der Waals surface area (Å²) in [5, 5.41) is 0. The molecule has 2 N–H and O–H groups in total. The molecule has 1 fully saturated rings. The summed E-state index contributed by atoms with van der Waals surface area (Å²) >= 11 is 0. The molecular formula is C12H13N5O2. The first kappa shape index (κ1) is 11.6. The molecule has 0 radical (unpaired) electrons. The van der Waals surface area contributed by atoms with Gasteiger partial charge in [0.1, 0.15) is 12.7 Å². The van der Waals surface area contributed by atoms with Crippen LogP contribution in [-0.4, -0.2) is 32.1 Å². The molecule has 1 aliphatic rings. The number of carbonyl (C=O) groups excluding carboxylic acids is 1. The van der Waals surface area contributed by atoms with Gasteiger partial charge in [-0.25, -0.2) is 15.0 Å². The predicted molar refractivity (Wildman–Crippen MR) is 68.7 cm³/mol. The van der Waals surface area contributed by atoms with Crippen molar-refractivity contribution in [1.82, 2.24) is 19.5 Å². The first-order valence-corrected chi connectivity index (χ1v) is 6.01. The Hall–Kier alpha value is -2.44. The van der Waals surface area contributed by atoms with Crippen LogP contribution < -0.4 is 5.73 Å². The highest BCUT2D eigenvalue weighted by atomic mass is 16.5. The topological polar surface area (TPSA) is 95.9 Å². The zero-order valence-electron chi connectivity index (χ0n) is 10.4. The fourth-order valence-corrected chi connectivity index (χ4v) is 1.94. The molecule has 0 bridgehead atoms. The largest absolute Gasteiger partial charge is 0.466 e. The number of carbonyl (C=O) groups is 1. The van der Waals surface area contributed by atoms with Crippen molar-refractivity contribution in [3.8, 4) is 0 Å². The number of aromatic nitrogens is 4. The van der Waals surface area contributed by atoms with Gasteiger partial charge in [0.2, 0.25) is 0 Å². The van der Waals surface area contributed by atoms with E-state index in [4.69, 9.17) is 10.5 Å². The van der Waals surface area contributed by atoms with E-state index in [1.165, 1.54) is 6.33 Å². The lowest BCUT2D eigenvalue weighted by atomic mass is 10.4. The van der Waals surface area contributed by atoms with E-state index >= 15 is 0 Å². The maximum atomic E-state index is 11.5. The zero-order valence-corrected chi connectivity index (χ0v) is 10.4. The van der Waals surface area contributed by atoms with Crippen molar-refractivity contribution in [2.75, 3.05) is 12.3 Å². The maximum absolute atomic E-state index is 11.5. The van der Waals surface area contributed by atoms with Gasteiger partial charge >= 0.3 is 5.97 Å². The predicted octanol–water partition coefficient (Wildman–Crippen LogP) is 0.832. The Morgan fingerprint density at radius 1 is 1.58 bits per heavy atom. The van der Waals surface area contributed by atoms with Crippen LogP contribution in [0.5, 0.6) is 0 Å². The third kappa shape index (κ3) is 2.03. The van der Waals surface area contributed by atoms with Crippen molar-refractivity contribution in [2.24, 2.45) is 5.92 Å². The summed E-state index contributed by atoms with van der Waals surface area (Å²) in [7, 11) is 0. The number of rotatable bonds is 3. The van der Waals surface area contributed by atoms with E-state index in [9.17, 15) is 4.79 Å². The minimum atomic E-state index is -0.174. The highest BCUT2D eigenvalue weighted by Crippen LogP contribution is 2.39. The van der Waals surface area contributed by atoms with E-state index in [1.807, 2.05) is 6.20 Å². The lowest BCUT2D eigenvalue weighted by molar-refractivity contribution is -0.144. The number of hydrogen-bond donors (Lipinski definition) is 1. The van der Waals surface area contributed by atoms with E-state index in [1.54, 1.807) is 17.8 Å². The van der Waals surface area contributed by atoms with Crippen LogP contribution in [0.1, 0.15) is 13.3 Å². The van der Waals surface area contributed by atoms with Gasteiger partial charge in [-0.05, 0) is 18.9 Å². The summed E-state index contributed by atoms with van der Waals surface area (Å²) in [6, 6.07) is 0. The average Bonchev–Trinajstić information content (AvgIpc) is 3.03. The Balaban J connectivity index is 1.88. The molecule has 7 heteroatoms. The van der Waals surface area contributed by atoms with Crippen molar-refractivity contribution < 1.29 is 9.53 Å². The van der Waals surface area contributed by atoms with Crippen molar-refractivity contribution in [2.45, 2.75) is 13.3 Å². The molecule has 2 aromatic heterocycles. The minimum absolute atomic E-state index is 0.128. The Labute approximate surface area is 109 Å². The van der Waals surface area contributed by atoms with Gasteiger partial charge in [-0.3, -0.25) is 9.36 Å². The zero-order chi connectivity index (χ0) is 13.4. The molecule has 2 aromatic rings. The molecule has 1 atom stereocenters. The third-order valence-electron chi connectivity index (χ3n) is 2.99. The summed E-state index contributed by atoms with van der Waals surface area (Å²) in [5.74, 6) is 0.0452. The Morgan fingerprint density at radius 2 is 2.42 bits per heavy atom. The van der Waals surface area contributed by atoms with E-state index in [0.29, 0.717) is 23.6 Å². The number of nitrogens with zero attached hydrogens (tertiary/aromatic N) is 4. The second-order valence-electron chi connectivity index (χ2n) is 4.30. The number of hydrogen-bond acceptors (Lipinski definition) is 6. The third-order valence-corrected chi connectivity index (χ3v) is 2.99. The molecule has 1 saturated carbocycles. The molecule has 0 saturated heterocycles. The van der Waals surface area contributed by atoms with Crippen LogP contribution in [-0.2, 0) is 9.53 Å². The number of esters is 1. The minimum Gasteiger partial charge on any atom is -0.466 e. The highest BCUT2D eigenvalue weighted by molar-refractivity contribution is 5.85. The first-order chi connectivity index (χ1) is 9.20. The van der Waals surface area contributed by atoms with Gasteiger partial charge in [0, 0.05) is 6.20 Å². The van der Waals surface area contributed by atoms with E-state index in [2.05, 4.69) is 15.0 Å². The van der Waals surface area contributed by atoms with Crippen molar-refractivity contribution in [3.63, 3.8) is 0 Å². The molecule has 0 spiro atoms. The second-order valence-corrected chi connectivity index (χ2v) is 4.30. The Morgan fingerprint density at radius 3 is 3.21 bits per heavy atom. The molecule has 0 aliphatic heterocycles. The molecule has 98 valence electrons. The van der Waals surface area contributed by atoms with E-state index in [0.717, 1.165) is 12.0 Å². The van der Waals surface area contributed by atoms with Crippen molar-refractivity contribution >= 4 is 29.2 Å². The Bertz CT molecular complexity index is 676. The maximum Gasteiger partial charge on any atom is 0.313 e. The van der Waals surface area contributed by atoms with Crippen LogP contribution in [0.3, 0.4) is 0 Å². The first-order valence-electron chi connectivity index (χ1n) is 6.01. The van der Waals surface area contributed by atoms with Crippen molar-refractivity contribution in [1.29, 1.82) is 0 Å². The number of ether oxygens (including phenoxy) is 1. The van der Waals surface area contributed by atoms with Gasteiger partial charge in [0.25, 0.3) is 0 Å². The Kier molecular flexibility index (Phi) is 2.66. The second kappa shape index (κ2) is 4.34. The molecule has 1 aliphatic carbocycles. The molecule has 0 aromatic carbocycles. The van der Waals surface area contributed by atoms with E-state index in [-0.39, 0.29) is 11.9 Å². The van der Waals surface area contributed by atoms with Gasteiger partial charge in [-0.1, -0.05) is 0 Å². The van der Waals surface area contributed by atoms with Crippen LogP contribution in [0.15, 0.2) is 18.2 Å². The SMILES string of the molecule is CCOC(=O)C1C/C1=C\n1cnc2c(N)ncnc21. The van der Waals surface area contributed by atoms with Gasteiger partial charge in [-0.2, -0.15) is 0 Å². The fraction of sp³-hybridized carbons (Fsp3) is 0.333. The van der Waals surface area contributed by atoms with Gasteiger partial charge in [0.05, 0.1) is 12.5 Å². The van der Waals surface area contributed by atoms with Crippen LogP contribution in [0.25, 0.3) is 17.4 Å². The van der Waals surface area contributed by atoms with Gasteiger partial charge < -0.3 is 10.5 Å². The van der Waals surface area contributed by atoms with Crippen molar-refractivity contribution in [3.05, 3.63) is 18.2 Å². The lowest BCUT2D eigenvalue weighted by Gasteiger charge is -1.97. The number of nitrogens with two attached hydrogens (primary N) is 1. The molecule has 7 nitrogen and oxygen atoms in total. The van der Waals surface area contributed by atoms with Crippen LogP contribution >= 0.6 is 0 Å². The van der Waals surface area contributed by atoms with Crippen LogP contribution in [0.4, 0.5) is 5.82 Å². The summed E-state index contributed by atoms with van der Waals surface area (Å²) < 4.78 is 6.72. The highest BCUT2D eigenvalue weighted by Gasteiger charge is 2.38. The summed E-state index contributed by atoms with van der Waals surface area (Å²) in [4.78, 5) is 23.7. The number of fused-ring (bicyclic) bond motifs is 1. The summed E-state index contributed by atoms with van der Waals surface area (Å²) in [6.45, 7) is 2.20. The molecular weight excluding hydrogens is 246 g/mol. The molecule has 2 heterocycles. The fourth-order valence-electron chi connectivity index (χ4n) is 1.94. The van der Waals surface area contributed by atoms with Gasteiger partial charge in [-0.15, -0.1) is 0 Å². The van der Waals surface area contributed by atoms with Crippen LogP contribution in [0.2, 0.25) is 0 Å². The molecule has 0 amide bonds. The molecule has 19 heavy (non-hydrogen) atoms. The number of imidazole rings is 1.